The second-order valence-corrected chi connectivity index (χ2v) is 7.60. The summed E-state index contributed by atoms with van der Waals surface area (Å²) in [4.78, 5) is 25.1. The number of halogens is 3. The quantitative estimate of drug-likeness (QED) is 0.470. The van der Waals surface area contributed by atoms with Gasteiger partial charge in [-0.1, -0.05) is 23.9 Å². The summed E-state index contributed by atoms with van der Waals surface area (Å²) in [6, 6.07) is 13.2. The van der Waals surface area contributed by atoms with E-state index in [9.17, 15) is 22.8 Å². The number of aromatic nitrogens is 3. The van der Waals surface area contributed by atoms with E-state index < -0.39 is 23.8 Å². The van der Waals surface area contributed by atoms with Crippen molar-refractivity contribution in [2.75, 3.05) is 23.0 Å². The van der Waals surface area contributed by atoms with E-state index in [1.165, 1.54) is 7.05 Å². The van der Waals surface area contributed by atoms with Crippen molar-refractivity contribution < 1.29 is 27.5 Å². The zero-order chi connectivity index (χ0) is 24.0. The van der Waals surface area contributed by atoms with Crippen molar-refractivity contribution in [2.45, 2.75) is 18.3 Å². The molecular formula is C21H20F3N5O3S. The molecule has 0 unspecified atom stereocenters. The maximum atomic E-state index is 12.8. The molecule has 174 valence electrons. The van der Waals surface area contributed by atoms with E-state index in [0.29, 0.717) is 18.0 Å². The molecule has 1 aromatic heterocycles. The molecule has 0 saturated carbocycles. The predicted octanol–water partition coefficient (Wildman–Crippen LogP) is 4.22. The van der Waals surface area contributed by atoms with Gasteiger partial charge in [0.1, 0.15) is 5.75 Å². The summed E-state index contributed by atoms with van der Waals surface area (Å²) in [7, 11) is 1.17. The van der Waals surface area contributed by atoms with Gasteiger partial charge in [0.15, 0.2) is 5.16 Å². The lowest BCUT2D eigenvalue weighted by atomic mass is 10.1. The van der Waals surface area contributed by atoms with Crippen LogP contribution in [0.5, 0.6) is 5.75 Å². The van der Waals surface area contributed by atoms with Crippen LogP contribution < -0.4 is 15.4 Å². The topological polar surface area (TPSA) is 98.1 Å². The minimum absolute atomic E-state index is 0.0565. The largest absolute Gasteiger partial charge is 0.494 e. The monoisotopic (exact) mass is 479 g/mol. The van der Waals surface area contributed by atoms with Crippen molar-refractivity contribution in [1.82, 2.24) is 14.8 Å². The molecule has 1 heterocycles. The zero-order valence-electron chi connectivity index (χ0n) is 17.6. The second kappa shape index (κ2) is 10.4. The van der Waals surface area contributed by atoms with E-state index in [-0.39, 0.29) is 22.2 Å². The molecule has 0 aliphatic heterocycles. The number of hydrogen-bond acceptors (Lipinski definition) is 6. The third-order valence-electron chi connectivity index (χ3n) is 4.29. The van der Waals surface area contributed by atoms with Crippen molar-refractivity contribution in [1.29, 1.82) is 0 Å². The van der Waals surface area contributed by atoms with Gasteiger partial charge in [-0.05, 0) is 43.3 Å². The van der Waals surface area contributed by atoms with Crippen LogP contribution in [0.4, 0.5) is 24.5 Å². The zero-order valence-corrected chi connectivity index (χ0v) is 18.5. The van der Waals surface area contributed by atoms with E-state index in [1.54, 1.807) is 48.5 Å². The number of thioether (sulfide) groups is 1. The first-order valence-electron chi connectivity index (χ1n) is 9.71. The van der Waals surface area contributed by atoms with Crippen LogP contribution >= 0.6 is 11.8 Å². The Labute approximate surface area is 191 Å². The van der Waals surface area contributed by atoms with Gasteiger partial charge < -0.3 is 19.9 Å². The Morgan fingerprint density at radius 1 is 1.06 bits per heavy atom. The van der Waals surface area contributed by atoms with Crippen LogP contribution in [0.1, 0.15) is 23.1 Å². The van der Waals surface area contributed by atoms with Crippen LogP contribution in [0, 0.1) is 0 Å². The van der Waals surface area contributed by atoms with Gasteiger partial charge in [0, 0.05) is 12.7 Å². The van der Waals surface area contributed by atoms with Gasteiger partial charge in [-0.2, -0.15) is 13.2 Å². The van der Waals surface area contributed by atoms with Gasteiger partial charge in [-0.25, -0.2) is 0 Å². The number of nitrogens with zero attached hydrogens (tertiary/aromatic N) is 3. The normalized spacial score (nSPS) is 11.2. The van der Waals surface area contributed by atoms with E-state index in [2.05, 4.69) is 20.8 Å². The lowest BCUT2D eigenvalue weighted by Gasteiger charge is -2.12. The van der Waals surface area contributed by atoms with Crippen LogP contribution in [0.3, 0.4) is 0 Å². The number of amides is 2. The van der Waals surface area contributed by atoms with Crippen LogP contribution in [-0.2, 0) is 18.0 Å². The van der Waals surface area contributed by atoms with E-state index in [1.807, 2.05) is 6.92 Å². The fraction of sp³-hybridized carbons (Fsp3) is 0.238. The highest BCUT2D eigenvalue weighted by Gasteiger charge is 2.37. The molecule has 0 atom stereocenters. The average molecular weight is 479 g/mol. The minimum Gasteiger partial charge on any atom is -0.494 e. The Balaban J connectivity index is 1.63. The van der Waals surface area contributed by atoms with Gasteiger partial charge in [-0.15, -0.1) is 10.2 Å². The summed E-state index contributed by atoms with van der Waals surface area (Å²) < 4.78 is 44.6. The molecule has 8 nitrogen and oxygen atoms in total. The van der Waals surface area contributed by atoms with Gasteiger partial charge in [0.25, 0.3) is 5.91 Å². The molecule has 12 heteroatoms. The highest BCUT2D eigenvalue weighted by Crippen LogP contribution is 2.29. The number of anilines is 2. The van der Waals surface area contributed by atoms with Crippen molar-refractivity contribution in [2.24, 2.45) is 7.05 Å². The number of nitrogens with one attached hydrogen (secondary N) is 2. The van der Waals surface area contributed by atoms with Gasteiger partial charge >= 0.3 is 6.18 Å². The van der Waals surface area contributed by atoms with Crippen molar-refractivity contribution in [3.63, 3.8) is 0 Å². The predicted molar refractivity (Wildman–Crippen MR) is 117 cm³/mol. The Kier molecular flexibility index (Phi) is 7.59. The van der Waals surface area contributed by atoms with Crippen LogP contribution in [0.2, 0.25) is 0 Å². The van der Waals surface area contributed by atoms with E-state index >= 15 is 0 Å². The Morgan fingerprint density at radius 3 is 2.39 bits per heavy atom. The molecule has 0 radical (unpaired) electrons. The third kappa shape index (κ3) is 6.25. The summed E-state index contributed by atoms with van der Waals surface area (Å²) in [5.41, 5.74) is 1.03. The summed E-state index contributed by atoms with van der Waals surface area (Å²) in [5, 5.41) is 11.9. The molecule has 0 saturated heterocycles. The lowest BCUT2D eigenvalue weighted by molar-refractivity contribution is -0.147. The number of carbonyl (C=O) groups is 2. The molecular weight excluding hydrogens is 459 g/mol. The summed E-state index contributed by atoms with van der Waals surface area (Å²) in [6.45, 7) is 2.39. The highest BCUT2D eigenvalue weighted by molar-refractivity contribution is 7.99. The van der Waals surface area contributed by atoms with Gasteiger partial charge in [0.05, 0.1) is 23.6 Å². The number of hydrogen-bond donors (Lipinski definition) is 2. The molecule has 0 bridgehead atoms. The van der Waals surface area contributed by atoms with Crippen LogP contribution in [-0.4, -0.2) is 38.9 Å². The first-order valence-corrected chi connectivity index (χ1v) is 10.7. The maximum absolute atomic E-state index is 12.8. The average Bonchev–Trinajstić information content (AvgIpc) is 3.15. The van der Waals surface area contributed by atoms with E-state index in [4.69, 9.17) is 4.74 Å². The van der Waals surface area contributed by atoms with Gasteiger partial charge in [-0.3, -0.25) is 9.59 Å². The first kappa shape index (κ1) is 24.1. The number of benzene rings is 2. The fourth-order valence-electron chi connectivity index (χ4n) is 2.79. The highest BCUT2D eigenvalue weighted by atomic mass is 32.2. The SMILES string of the molecule is CCOc1ccc(NC(=O)c2ccccc2NC(=O)CSc2nnc(C(F)(F)F)n2C)cc1. The molecule has 2 amide bonds. The molecule has 3 rings (SSSR count). The molecule has 2 aromatic carbocycles. The maximum Gasteiger partial charge on any atom is 0.451 e. The summed E-state index contributed by atoms with van der Waals surface area (Å²) in [6.07, 6.45) is -4.64. The summed E-state index contributed by atoms with van der Waals surface area (Å²) >= 11 is 0.798. The van der Waals surface area contributed by atoms with Crippen molar-refractivity contribution in [3.8, 4) is 5.75 Å². The van der Waals surface area contributed by atoms with E-state index in [0.717, 1.165) is 16.3 Å². The molecule has 0 aliphatic rings. The standard InChI is InChI=1S/C21H20F3N5O3S/c1-3-32-14-10-8-13(9-11-14)25-18(31)15-6-4-5-7-16(15)26-17(30)12-33-20-28-27-19(29(20)2)21(22,23)24/h4-11H,3,12H2,1-2H3,(H,25,31)(H,26,30). The molecule has 0 aliphatic carbocycles. The Morgan fingerprint density at radius 2 is 1.76 bits per heavy atom. The Bertz CT molecular complexity index is 1130. The van der Waals surface area contributed by atoms with Crippen molar-refractivity contribution >= 4 is 35.0 Å². The van der Waals surface area contributed by atoms with Gasteiger partial charge in [0.2, 0.25) is 11.7 Å². The second-order valence-electron chi connectivity index (χ2n) is 6.66. The minimum atomic E-state index is -4.64. The number of carbonyl (C=O) groups excluding carboxylic acids is 2. The molecule has 33 heavy (non-hydrogen) atoms. The number of rotatable bonds is 8. The summed E-state index contributed by atoms with van der Waals surface area (Å²) in [5.74, 6) is -1.66. The van der Waals surface area contributed by atoms with Crippen LogP contribution in [0.25, 0.3) is 0 Å². The number of alkyl halides is 3. The third-order valence-corrected chi connectivity index (χ3v) is 5.31. The number of ether oxygens (including phenoxy) is 1. The fourth-order valence-corrected chi connectivity index (χ4v) is 3.50. The molecule has 0 fully saturated rings. The lowest BCUT2D eigenvalue weighted by Crippen LogP contribution is -2.19. The molecule has 2 N–H and O–H groups in total. The molecule has 0 spiro atoms. The van der Waals surface area contributed by atoms with Crippen LogP contribution in [0.15, 0.2) is 53.7 Å². The molecule has 3 aromatic rings. The first-order chi connectivity index (χ1) is 15.7. The number of para-hydroxylation sites is 1. The Hall–Kier alpha value is -3.54. The smallest absolute Gasteiger partial charge is 0.451 e. The van der Waals surface area contributed by atoms with Crippen molar-refractivity contribution in [3.05, 3.63) is 59.9 Å².